The standard InChI is InChI=1S/C18H22BrN3O2/c1-18(2,3)24-17(23)21-14-9-8-11-12(14)6-5-7-13(11)16-20-10-15(19)22(16)4/h5-7,10,14H,8-9H2,1-4H3,(H,21,23). The first-order valence-electron chi connectivity index (χ1n) is 8.05. The summed E-state index contributed by atoms with van der Waals surface area (Å²) in [7, 11) is 1.98. The highest BCUT2D eigenvalue weighted by Gasteiger charge is 2.28. The van der Waals surface area contributed by atoms with E-state index in [9.17, 15) is 4.79 Å². The predicted octanol–water partition coefficient (Wildman–Crippen LogP) is 4.36. The molecule has 1 aliphatic rings. The summed E-state index contributed by atoms with van der Waals surface area (Å²) in [6.07, 6.45) is 3.22. The van der Waals surface area contributed by atoms with Crippen molar-refractivity contribution in [3.63, 3.8) is 0 Å². The molecule has 24 heavy (non-hydrogen) atoms. The monoisotopic (exact) mass is 391 g/mol. The fourth-order valence-corrected chi connectivity index (χ4v) is 3.37. The minimum Gasteiger partial charge on any atom is -0.444 e. The normalized spacial score (nSPS) is 16.8. The zero-order valence-electron chi connectivity index (χ0n) is 14.4. The predicted molar refractivity (Wildman–Crippen MR) is 96.8 cm³/mol. The number of carbonyl (C=O) groups is 1. The number of halogens is 1. The molecule has 3 rings (SSSR count). The number of alkyl carbamates (subject to hydrolysis) is 1. The molecule has 0 bridgehead atoms. The molecule has 1 N–H and O–H groups in total. The van der Waals surface area contributed by atoms with Gasteiger partial charge in [0.25, 0.3) is 0 Å². The molecular weight excluding hydrogens is 370 g/mol. The number of hydrogen-bond acceptors (Lipinski definition) is 3. The quantitative estimate of drug-likeness (QED) is 0.826. The van der Waals surface area contributed by atoms with Crippen LogP contribution in [-0.2, 0) is 18.2 Å². The Bertz CT molecular complexity index is 777. The minimum absolute atomic E-state index is 0.0153. The maximum Gasteiger partial charge on any atom is 0.408 e. The van der Waals surface area contributed by atoms with Crippen LogP contribution in [0.4, 0.5) is 4.79 Å². The lowest BCUT2D eigenvalue weighted by atomic mass is 10.0. The summed E-state index contributed by atoms with van der Waals surface area (Å²) in [5.41, 5.74) is 3.03. The molecular formula is C18H22BrN3O2. The minimum atomic E-state index is -0.493. The van der Waals surface area contributed by atoms with Crippen molar-refractivity contribution in [2.45, 2.75) is 45.3 Å². The first kappa shape index (κ1) is 17.0. The maximum absolute atomic E-state index is 12.1. The van der Waals surface area contributed by atoms with Crippen LogP contribution in [0.5, 0.6) is 0 Å². The molecule has 1 unspecified atom stereocenters. The lowest BCUT2D eigenvalue weighted by Gasteiger charge is -2.22. The molecule has 128 valence electrons. The van der Waals surface area contributed by atoms with E-state index in [-0.39, 0.29) is 12.1 Å². The number of benzene rings is 1. The van der Waals surface area contributed by atoms with Crippen LogP contribution in [0.1, 0.15) is 44.4 Å². The van der Waals surface area contributed by atoms with E-state index in [0.717, 1.165) is 34.4 Å². The average Bonchev–Trinajstić information content (AvgIpc) is 3.02. The van der Waals surface area contributed by atoms with Crippen LogP contribution in [0.15, 0.2) is 29.0 Å². The Labute approximate surface area is 150 Å². The van der Waals surface area contributed by atoms with E-state index in [2.05, 4.69) is 38.4 Å². The molecule has 2 aromatic rings. The van der Waals surface area contributed by atoms with Crippen molar-refractivity contribution in [3.05, 3.63) is 40.1 Å². The van der Waals surface area contributed by atoms with Crippen molar-refractivity contribution in [2.75, 3.05) is 0 Å². The van der Waals surface area contributed by atoms with Crippen LogP contribution < -0.4 is 5.32 Å². The highest BCUT2D eigenvalue weighted by Crippen LogP contribution is 2.37. The van der Waals surface area contributed by atoms with Crippen LogP contribution in [0.2, 0.25) is 0 Å². The molecule has 1 amide bonds. The zero-order chi connectivity index (χ0) is 17.5. The molecule has 0 saturated carbocycles. The third-order valence-electron chi connectivity index (χ3n) is 4.13. The van der Waals surface area contributed by atoms with Crippen molar-refractivity contribution in [1.82, 2.24) is 14.9 Å². The Hall–Kier alpha value is -1.82. The molecule has 1 heterocycles. The van der Waals surface area contributed by atoms with Gasteiger partial charge in [-0.1, -0.05) is 18.2 Å². The van der Waals surface area contributed by atoms with Gasteiger partial charge >= 0.3 is 6.09 Å². The molecule has 5 nitrogen and oxygen atoms in total. The summed E-state index contributed by atoms with van der Waals surface area (Å²) in [4.78, 5) is 16.6. The summed E-state index contributed by atoms with van der Waals surface area (Å²) in [5.74, 6) is 0.927. The second-order valence-corrected chi connectivity index (χ2v) is 7.89. The first-order chi connectivity index (χ1) is 11.3. The van der Waals surface area contributed by atoms with Gasteiger partial charge in [-0.05, 0) is 60.7 Å². The fourth-order valence-electron chi connectivity index (χ4n) is 3.10. The SMILES string of the molecule is Cn1c(Br)cnc1-c1cccc2c1CCC2NC(=O)OC(C)(C)C. The summed E-state index contributed by atoms with van der Waals surface area (Å²) in [5, 5.41) is 2.99. The number of aromatic nitrogens is 2. The number of imidazole rings is 1. The fraction of sp³-hybridized carbons (Fsp3) is 0.444. The third-order valence-corrected chi connectivity index (χ3v) is 4.87. The zero-order valence-corrected chi connectivity index (χ0v) is 16.0. The number of fused-ring (bicyclic) bond motifs is 1. The van der Waals surface area contributed by atoms with E-state index in [1.807, 2.05) is 38.5 Å². The van der Waals surface area contributed by atoms with Gasteiger partial charge in [0.15, 0.2) is 0 Å². The van der Waals surface area contributed by atoms with Gasteiger partial charge in [0.05, 0.1) is 12.2 Å². The van der Waals surface area contributed by atoms with E-state index in [4.69, 9.17) is 4.74 Å². The van der Waals surface area contributed by atoms with Crippen molar-refractivity contribution in [3.8, 4) is 11.4 Å². The molecule has 0 spiro atoms. The van der Waals surface area contributed by atoms with Gasteiger partial charge in [0.2, 0.25) is 0 Å². The topological polar surface area (TPSA) is 56.2 Å². The summed E-state index contributed by atoms with van der Waals surface area (Å²) >= 11 is 3.49. The van der Waals surface area contributed by atoms with Gasteiger partial charge in [0, 0.05) is 12.6 Å². The molecule has 1 aliphatic carbocycles. The first-order valence-corrected chi connectivity index (χ1v) is 8.84. The second kappa shape index (κ2) is 6.24. The van der Waals surface area contributed by atoms with Gasteiger partial charge in [-0.2, -0.15) is 0 Å². The second-order valence-electron chi connectivity index (χ2n) is 7.07. The third kappa shape index (κ3) is 3.34. The Kier molecular flexibility index (Phi) is 4.42. The molecule has 1 aromatic carbocycles. The molecule has 0 aliphatic heterocycles. The van der Waals surface area contributed by atoms with Gasteiger partial charge in [-0.3, -0.25) is 0 Å². The number of nitrogens with zero attached hydrogens (tertiary/aromatic N) is 2. The van der Waals surface area contributed by atoms with Gasteiger partial charge in [-0.25, -0.2) is 9.78 Å². The number of ether oxygens (including phenoxy) is 1. The maximum atomic E-state index is 12.1. The number of amides is 1. The van der Waals surface area contributed by atoms with E-state index in [1.165, 1.54) is 5.56 Å². The molecule has 1 atom stereocenters. The smallest absolute Gasteiger partial charge is 0.408 e. The number of hydrogen-bond donors (Lipinski definition) is 1. The Balaban J connectivity index is 1.87. The number of rotatable bonds is 2. The van der Waals surface area contributed by atoms with E-state index in [0.29, 0.717) is 0 Å². The van der Waals surface area contributed by atoms with Crippen LogP contribution >= 0.6 is 15.9 Å². The molecule has 0 saturated heterocycles. The highest BCUT2D eigenvalue weighted by atomic mass is 79.9. The molecule has 6 heteroatoms. The van der Waals surface area contributed by atoms with Crippen LogP contribution in [-0.4, -0.2) is 21.2 Å². The number of nitrogens with one attached hydrogen (secondary N) is 1. The molecule has 0 radical (unpaired) electrons. The Morgan fingerprint density at radius 2 is 2.17 bits per heavy atom. The Morgan fingerprint density at radius 3 is 2.79 bits per heavy atom. The summed E-state index contributed by atoms with van der Waals surface area (Å²) < 4.78 is 8.34. The lowest BCUT2D eigenvalue weighted by molar-refractivity contribution is 0.0503. The number of carbonyl (C=O) groups excluding carboxylic acids is 1. The van der Waals surface area contributed by atoms with Crippen molar-refractivity contribution in [1.29, 1.82) is 0 Å². The lowest BCUT2D eigenvalue weighted by Crippen LogP contribution is -2.34. The Morgan fingerprint density at radius 1 is 1.42 bits per heavy atom. The van der Waals surface area contributed by atoms with Crippen molar-refractivity contribution in [2.24, 2.45) is 7.05 Å². The van der Waals surface area contributed by atoms with Crippen molar-refractivity contribution >= 4 is 22.0 Å². The largest absolute Gasteiger partial charge is 0.444 e. The van der Waals surface area contributed by atoms with Crippen LogP contribution in [0, 0.1) is 0 Å². The van der Waals surface area contributed by atoms with E-state index < -0.39 is 5.60 Å². The van der Waals surface area contributed by atoms with Gasteiger partial charge in [-0.15, -0.1) is 0 Å². The average molecular weight is 392 g/mol. The molecule has 0 fully saturated rings. The van der Waals surface area contributed by atoms with Crippen LogP contribution in [0.25, 0.3) is 11.4 Å². The van der Waals surface area contributed by atoms with Crippen molar-refractivity contribution < 1.29 is 9.53 Å². The molecule has 1 aromatic heterocycles. The highest BCUT2D eigenvalue weighted by molar-refractivity contribution is 9.10. The van der Waals surface area contributed by atoms with Crippen LogP contribution in [0.3, 0.4) is 0 Å². The summed E-state index contributed by atoms with van der Waals surface area (Å²) in [6, 6.07) is 6.17. The van der Waals surface area contributed by atoms with Gasteiger partial charge in [0.1, 0.15) is 16.0 Å². The van der Waals surface area contributed by atoms with E-state index >= 15 is 0 Å². The van der Waals surface area contributed by atoms with E-state index in [1.54, 1.807) is 6.20 Å². The van der Waals surface area contributed by atoms with Gasteiger partial charge < -0.3 is 14.6 Å². The summed E-state index contributed by atoms with van der Waals surface area (Å²) in [6.45, 7) is 5.60.